The maximum Gasteiger partial charge on any atom is 0.320 e. The second kappa shape index (κ2) is 5.35. The van der Waals surface area contributed by atoms with Crippen LogP contribution in [0, 0.1) is 0 Å². The van der Waals surface area contributed by atoms with Gasteiger partial charge in [0.1, 0.15) is 6.04 Å². The van der Waals surface area contributed by atoms with Crippen molar-refractivity contribution in [3.8, 4) is 0 Å². The summed E-state index contributed by atoms with van der Waals surface area (Å²) in [6, 6.07) is 4.62. The molecule has 0 bridgehead atoms. The van der Waals surface area contributed by atoms with Gasteiger partial charge in [0.05, 0.1) is 10.0 Å². The molecule has 1 atom stereocenters. The molecule has 0 unspecified atom stereocenters. The molecule has 0 amide bonds. The summed E-state index contributed by atoms with van der Waals surface area (Å²) < 4.78 is 0. The summed E-state index contributed by atoms with van der Waals surface area (Å²) in [4.78, 5) is 10.5. The highest BCUT2D eigenvalue weighted by Gasteiger charge is 2.09. The minimum atomic E-state index is -0.880. The van der Waals surface area contributed by atoms with Crippen molar-refractivity contribution >= 4 is 29.2 Å². The molecular weight excluding hydrogens is 237 g/mol. The first-order valence-corrected chi connectivity index (χ1v) is 5.16. The molecule has 1 aromatic rings. The van der Waals surface area contributed by atoms with Gasteiger partial charge < -0.3 is 10.4 Å². The van der Waals surface area contributed by atoms with E-state index < -0.39 is 12.0 Å². The summed E-state index contributed by atoms with van der Waals surface area (Å²) in [6.45, 7) is 2.03. The number of hydrogen-bond acceptors (Lipinski definition) is 2. The molecule has 82 valence electrons. The van der Waals surface area contributed by atoms with Gasteiger partial charge in [0.2, 0.25) is 0 Å². The lowest BCUT2D eigenvalue weighted by Crippen LogP contribution is -2.33. The number of nitrogens with one attached hydrogen (secondary N) is 1. The standard InChI is InChI=1S/C10H11Cl2NO2/c1-6(10(14)15)13-5-7-2-3-8(11)9(12)4-7/h2-4,6,13H,5H2,1H3,(H,14,15)/t6-/m1/s1. The molecule has 1 rings (SSSR count). The molecule has 0 aliphatic carbocycles. The first kappa shape index (κ1) is 12.3. The Morgan fingerprint density at radius 1 is 1.47 bits per heavy atom. The predicted octanol–water partition coefficient (Wildman–Crippen LogP) is 2.56. The van der Waals surface area contributed by atoms with E-state index in [4.69, 9.17) is 28.3 Å². The van der Waals surface area contributed by atoms with Crippen LogP contribution in [0.5, 0.6) is 0 Å². The summed E-state index contributed by atoms with van der Waals surface area (Å²) in [7, 11) is 0. The number of carboxylic acid groups (broad SMARTS) is 1. The summed E-state index contributed by atoms with van der Waals surface area (Å²) in [5.41, 5.74) is 0.900. The van der Waals surface area contributed by atoms with E-state index in [1.54, 1.807) is 25.1 Å². The van der Waals surface area contributed by atoms with Crippen molar-refractivity contribution in [2.75, 3.05) is 0 Å². The lowest BCUT2D eigenvalue weighted by Gasteiger charge is -2.09. The van der Waals surface area contributed by atoms with Crippen molar-refractivity contribution in [2.24, 2.45) is 0 Å². The maximum atomic E-state index is 10.5. The average molecular weight is 248 g/mol. The SMILES string of the molecule is C[C@@H](NCc1ccc(Cl)c(Cl)c1)C(=O)O. The van der Waals surface area contributed by atoms with Crippen LogP contribution < -0.4 is 5.32 Å². The Bertz CT molecular complexity index is 368. The Morgan fingerprint density at radius 2 is 2.13 bits per heavy atom. The Morgan fingerprint density at radius 3 is 2.67 bits per heavy atom. The predicted molar refractivity (Wildman–Crippen MR) is 60.4 cm³/mol. The van der Waals surface area contributed by atoms with Crippen LogP contribution in [0.3, 0.4) is 0 Å². The Balaban J connectivity index is 2.58. The van der Waals surface area contributed by atoms with Gasteiger partial charge in [0.25, 0.3) is 0 Å². The van der Waals surface area contributed by atoms with Crippen LogP contribution in [0.4, 0.5) is 0 Å². The third kappa shape index (κ3) is 3.70. The maximum absolute atomic E-state index is 10.5. The third-order valence-electron chi connectivity index (χ3n) is 1.97. The number of benzene rings is 1. The lowest BCUT2D eigenvalue weighted by atomic mass is 10.2. The number of carboxylic acids is 1. The second-order valence-electron chi connectivity index (χ2n) is 3.19. The van der Waals surface area contributed by atoms with E-state index >= 15 is 0 Å². The summed E-state index contributed by atoms with van der Waals surface area (Å²) in [6.07, 6.45) is 0. The fourth-order valence-corrected chi connectivity index (χ4v) is 1.33. The zero-order valence-electron chi connectivity index (χ0n) is 8.13. The van der Waals surface area contributed by atoms with Gasteiger partial charge in [-0.2, -0.15) is 0 Å². The van der Waals surface area contributed by atoms with Crippen LogP contribution in [0.1, 0.15) is 12.5 Å². The number of carbonyl (C=O) groups is 1. The molecule has 15 heavy (non-hydrogen) atoms. The van der Waals surface area contributed by atoms with Crippen molar-refractivity contribution in [2.45, 2.75) is 19.5 Å². The van der Waals surface area contributed by atoms with Crippen LogP contribution in [0.15, 0.2) is 18.2 Å². The molecule has 0 saturated carbocycles. The van der Waals surface area contributed by atoms with Crippen molar-refractivity contribution in [1.82, 2.24) is 5.32 Å². The highest BCUT2D eigenvalue weighted by molar-refractivity contribution is 6.42. The number of aliphatic carboxylic acids is 1. The first-order chi connectivity index (χ1) is 7.00. The second-order valence-corrected chi connectivity index (χ2v) is 4.00. The summed E-state index contributed by atoms with van der Waals surface area (Å²) >= 11 is 11.6. The van der Waals surface area contributed by atoms with E-state index in [9.17, 15) is 4.79 Å². The van der Waals surface area contributed by atoms with Crippen LogP contribution in [-0.2, 0) is 11.3 Å². The molecule has 0 aromatic heterocycles. The van der Waals surface area contributed by atoms with Crippen molar-refractivity contribution in [3.05, 3.63) is 33.8 Å². The Kier molecular flexibility index (Phi) is 4.39. The van der Waals surface area contributed by atoms with Crippen molar-refractivity contribution in [3.63, 3.8) is 0 Å². The molecule has 2 N–H and O–H groups in total. The summed E-state index contributed by atoms with van der Waals surface area (Å²) in [5, 5.41) is 12.5. The van der Waals surface area contributed by atoms with Gasteiger partial charge in [0.15, 0.2) is 0 Å². The number of hydrogen-bond donors (Lipinski definition) is 2. The van der Waals surface area contributed by atoms with Gasteiger partial charge in [-0.3, -0.25) is 4.79 Å². The van der Waals surface area contributed by atoms with E-state index in [-0.39, 0.29) is 0 Å². The molecular formula is C10H11Cl2NO2. The van der Waals surface area contributed by atoms with Gasteiger partial charge in [-0.15, -0.1) is 0 Å². The van der Waals surface area contributed by atoms with Gasteiger partial charge >= 0.3 is 5.97 Å². The molecule has 1 aromatic carbocycles. The molecule has 0 fully saturated rings. The molecule has 0 spiro atoms. The van der Waals surface area contributed by atoms with Gasteiger partial charge in [0, 0.05) is 6.54 Å². The van der Waals surface area contributed by atoms with E-state index in [0.717, 1.165) is 5.56 Å². The zero-order chi connectivity index (χ0) is 11.4. The van der Waals surface area contributed by atoms with Crippen LogP contribution in [-0.4, -0.2) is 17.1 Å². The molecule has 0 heterocycles. The summed E-state index contributed by atoms with van der Waals surface area (Å²) in [5.74, 6) is -0.880. The van der Waals surface area contributed by atoms with E-state index in [2.05, 4.69) is 5.32 Å². The smallest absolute Gasteiger partial charge is 0.320 e. The lowest BCUT2D eigenvalue weighted by molar-refractivity contribution is -0.139. The molecule has 0 aliphatic heterocycles. The highest BCUT2D eigenvalue weighted by atomic mass is 35.5. The Labute approximate surface area is 98.0 Å². The Hall–Kier alpha value is -0.770. The van der Waals surface area contributed by atoms with Gasteiger partial charge in [-0.05, 0) is 24.6 Å². The first-order valence-electron chi connectivity index (χ1n) is 4.41. The zero-order valence-corrected chi connectivity index (χ0v) is 9.64. The minimum Gasteiger partial charge on any atom is -0.480 e. The number of rotatable bonds is 4. The minimum absolute atomic E-state index is 0.449. The van der Waals surface area contributed by atoms with Crippen molar-refractivity contribution in [1.29, 1.82) is 0 Å². The van der Waals surface area contributed by atoms with Crippen LogP contribution >= 0.6 is 23.2 Å². The number of halogens is 2. The van der Waals surface area contributed by atoms with Gasteiger partial charge in [-0.1, -0.05) is 29.3 Å². The van der Waals surface area contributed by atoms with E-state index in [1.165, 1.54) is 0 Å². The van der Waals surface area contributed by atoms with Crippen LogP contribution in [0.2, 0.25) is 10.0 Å². The monoisotopic (exact) mass is 247 g/mol. The highest BCUT2D eigenvalue weighted by Crippen LogP contribution is 2.22. The molecule has 3 nitrogen and oxygen atoms in total. The molecule has 5 heteroatoms. The fourth-order valence-electron chi connectivity index (χ4n) is 1.01. The topological polar surface area (TPSA) is 49.3 Å². The van der Waals surface area contributed by atoms with Gasteiger partial charge in [-0.25, -0.2) is 0 Å². The third-order valence-corrected chi connectivity index (χ3v) is 2.71. The van der Waals surface area contributed by atoms with E-state index in [0.29, 0.717) is 16.6 Å². The fraction of sp³-hybridized carbons (Fsp3) is 0.300. The largest absolute Gasteiger partial charge is 0.480 e. The average Bonchev–Trinajstić information content (AvgIpc) is 2.19. The molecule has 0 aliphatic rings. The van der Waals surface area contributed by atoms with Crippen LogP contribution in [0.25, 0.3) is 0 Å². The van der Waals surface area contributed by atoms with E-state index in [1.807, 2.05) is 0 Å². The quantitative estimate of drug-likeness (QED) is 0.860. The molecule has 0 radical (unpaired) electrons. The normalized spacial score (nSPS) is 12.5. The van der Waals surface area contributed by atoms with Crippen molar-refractivity contribution < 1.29 is 9.90 Å². The molecule has 0 saturated heterocycles.